The van der Waals surface area contributed by atoms with Crippen molar-refractivity contribution in [1.29, 1.82) is 0 Å². The van der Waals surface area contributed by atoms with Gasteiger partial charge in [-0.25, -0.2) is 4.79 Å². The Morgan fingerprint density at radius 3 is 2.47 bits per heavy atom. The normalized spacial score (nSPS) is 8.47. The van der Waals surface area contributed by atoms with Crippen LogP contribution in [-0.4, -0.2) is 12.6 Å². The molecule has 1 rings (SSSR count). The summed E-state index contributed by atoms with van der Waals surface area (Å²) in [6, 6.07) is 9.58. The Labute approximate surface area is 92.9 Å². The molecule has 1 N–H and O–H groups in total. The average Bonchev–Trinajstić information content (AvgIpc) is 2.31. The summed E-state index contributed by atoms with van der Waals surface area (Å²) in [6.07, 6.45) is -0.369. The summed E-state index contributed by atoms with van der Waals surface area (Å²) in [5.41, 5.74) is 0.994. The molecule has 0 spiro atoms. The molecular weight excluding hydrogens is 190 g/mol. The number of nitrogens with one attached hydrogen (secondary N) is 1. The van der Waals surface area contributed by atoms with Gasteiger partial charge in [-0.2, -0.15) is 0 Å². The Morgan fingerprint density at radius 1 is 1.33 bits per heavy atom. The van der Waals surface area contributed by atoms with Crippen molar-refractivity contribution in [2.24, 2.45) is 0 Å². The number of ether oxygens (including phenoxy) is 1. The minimum atomic E-state index is -0.369. The van der Waals surface area contributed by atoms with Crippen LogP contribution in [0.2, 0.25) is 0 Å². The van der Waals surface area contributed by atoms with Crippen LogP contribution in [0.25, 0.3) is 0 Å². The van der Waals surface area contributed by atoms with Crippen LogP contribution >= 0.6 is 0 Å². The zero-order chi connectivity index (χ0) is 11.5. The molecule has 0 aliphatic heterocycles. The second-order valence-electron chi connectivity index (χ2n) is 2.59. The van der Waals surface area contributed by atoms with E-state index >= 15 is 0 Å². The molecule has 0 bridgehead atoms. The van der Waals surface area contributed by atoms with Gasteiger partial charge in [0, 0.05) is 7.97 Å². The summed E-state index contributed by atoms with van der Waals surface area (Å²) in [6.45, 7) is 6.77. The topological polar surface area (TPSA) is 38.3 Å². The zero-order valence-corrected chi connectivity index (χ0v) is 9.62. The van der Waals surface area contributed by atoms with Crippen LogP contribution in [0, 0.1) is 0 Å². The standard InChI is InChI=1S/C10H13NO2.C2H6.H2/c1-2-11-10(12)13-8-9-6-4-3-5-7-9;1-2;/h3-7H,2,8H2,1H3,(H,11,12);1-2H3;1H. The minimum absolute atomic E-state index is 0. The number of hydrogen-bond acceptors (Lipinski definition) is 2. The van der Waals surface area contributed by atoms with Crippen molar-refractivity contribution in [2.75, 3.05) is 6.54 Å². The number of hydrogen-bond donors (Lipinski definition) is 1. The number of benzene rings is 1. The van der Waals surface area contributed by atoms with Gasteiger partial charge in [-0.1, -0.05) is 44.2 Å². The van der Waals surface area contributed by atoms with Crippen LogP contribution < -0.4 is 5.32 Å². The van der Waals surface area contributed by atoms with Crippen molar-refractivity contribution in [3.05, 3.63) is 35.9 Å². The SMILES string of the molecule is CC.CCNC(=O)OCc1ccccc1.[HH]. The first-order chi connectivity index (χ1) is 7.33. The highest BCUT2D eigenvalue weighted by molar-refractivity contribution is 5.66. The fourth-order valence-electron chi connectivity index (χ4n) is 0.918. The lowest BCUT2D eigenvalue weighted by atomic mass is 10.2. The molecule has 0 fully saturated rings. The Balaban J connectivity index is 0. The molecule has 0 unspecified atom stereocenters. The van der Waals surface area contributed by atoms with Crippen molar-refractivity contribution in [3.63, 3.8) is 0 Å². The van der Waals surface area contributed by atoms with Gasteiger partial charge < -0.3 is 10.1 Å². The van der Waals surface area contributed by atoms with Gasteiger partial charge in [-0.3, -0.25) is 0 Å². The maximum Gasteiger partial charge on any atom is 0.407 e. The molecule has 1 amide bonds. The highest BCUT2D eigenvalue weighted by Crippen LogP contribution is 1.99. The van der Waals surface area contributed by atoms with E-state index < -0.39 is 0 Å². The molecule has 0 atom stereocenters. The molecule has 0 radical (unpaired) electrons. The highest BCUT2D eigenvalue weighted by Gasteiger charge is 1.98. The molecule has 0 aliphatic rings. The molecule has 15 heavy (non-hydrogen) atoms. The van der Waals surface area contributed by atoms with Crippen LogP contribution in [0.1, 0.15) is 27.8 Å². The maximum atomic E-state index is 10.9. The maximum absolute atomic E-state index is 10.9. The van der Waals surface area contributed by atoms with Crippen LogP contribution in [0.5, 0.6) is 0 Å². The third-order valence-corrected chi connectivity index (χ3v) is 1.53. The zero-order valence-electron chi connectivity index (χ0n) is 9.62. The van der Waals surface area contributed by atoms with Crippen molar-refractivity contribution >= 4 is 6.09 Å². The summed E-state index contributed by atoms with van der Waals surface area (Å²) in [4.78, 5) is 10.9. The lowest BCUT2D eigenvalue weighted by Crippen LogP contribution is -2.23. The molecule has 0 aromatic heterocycles. The predicted octanol–water partition coefficient (Wildman–Crippen LogP) is 3.20. The van der Waals surface area contributed by atoms with E-state index in [-0.39, 0.29) is 7.52 Å². The minimum Gasteiger partial charge on any atom is -0.445 e. The van der Waals surface area contributed by atoms with Gasteiger partial charge in [0.25, 0.3) is 0 Å². The predicted molar refractivity (Wildman–Crippen MR) is 63.8 cm³/mol. The summed E-state index contributed by atoms with van der Waals surface area (Å²) >= 11 is 0. The summed E-state index contributed by atoms with van der Waals surface area (Å²) < 4.78 is 4.92. The van der Waals surface area contributed by atoms with E-state index in [1.54, 1.807) is 0 Å². The number of carbonyl (C=O) groups is 1. The average molecular weight is 211 g/mol. The van der Waals surface area contributed by atoms with Gasteiger partial charge in [0.15, 0.2) is 0 Å². The van der Waals surface area contributed by atoms with E-state index in [4.69, 9.17) is 4.74 Å². The van der Waals surface area contributed by atoms with E-state index in [9.17, 15) is 4.79 Å². The van der Waals surface area contributed by atoms with Gasteiger partial charge in [0.1, 0.15) is 6.61 Å². The fraction of sp³-hybridized carbons (Fsp3) is 0.417. The Morgan fingerprint density at radius 2 is 1.93 bits per heavy atom. The van der Waals surface area contributed by atoms with Gasteiger partial charge in [0.05, 0.1) is 0 Å². The van der Waals surface area contributed by atoms with E-state index in [1.807, 2.05) is 51.1 Å². The van der Waals surface area contributed by atoms with Crippen molar-refractivity contribution < 1.29 is 11.0 Å². The van der Waals surface area contributed by atoms with E-state index in [0.717, 1.165) is 5.56 Å². The van der Waals surface area contributed by atoms with Gasteiger partial charge in [-0.15, -0.1) is 0 Å². The number of amides is 1. The lowest BCUT2D eigenvalue weighted by Gasteiger charge is -2.04. The number of rotatable bonds is 3. The van der Waals surface area contributed by atoms with E-state index in [0.29, 0.717) is 13.2 Å². The van der Waals surface area contributed by atoms with Crippen LogP contribution in [0.3, 0.4) is 0 Å². The Bertz CT molecular complexity index is 265. The molecule has 0 heterocycles. The second kappa shape index (κ2) is 9.06. The fourth-order valence-corrected chi connectivity index (χ4v) is 0.918. The van der Waals surface area contributed by atoms with Gasteiger partial charge in [0.2, 0.25) is 0 Å². The van der Waals surface area contributed by atoms with Crippen LogP contribution in [0.4, 0.5) is 4.79 Å². The van der Waals surface area contributed by atoms with Gasteiger partial charge in [-0.05, 0) is 12.5 Å². The first-order valence-corrected chi connectivity index (χ1v) is 5.27. The number of alkyl carbamates (subject to hydrolysis) is 1. The third-order valence-electron chi connectivity index (χ3n) is 1.53. The highest BCUT2D eigenvalue weighted by atomic mass is 16.5. The summed E-state index contributed by atoms with van der Waals surface area (Å²) in [5, 5.41) is 2.55. The van der Waals surface area contributed by atoms with Crippen molar-refractivity contribution in [2.45, 2.75) is 27.4 Å². The first kappa shape index (κ1) is 13.5. The molecule has 1 aromatic carbocycles. The summed E-state index contributed by atoms with van der Waals surface area (Å²) in [7, 11) is 0. The van der Waals surface area contributed by atoms with E-state index in [1.165, 1.54) is 0 Å². The third kappa shape index (κ3) is 6.55. The first-order valence-electron chi connectivity index (χ1n) is 5.27. The number of carbonyl (C=O) groups excluding carboxylic acids is 1. The molecule has 0 saturated heterocycles. The second-order valence-corrected chi connectivity index (χ2v) is 2.59. The quantitative estimate of drug-likeness (QED) is 0.833. The molecule has 3 nitrogen and oxygen atoms in total. The summed E-state index contributed by atoms with van der Waals surface area (Å²) in [5.74, 6) is 0. The molecular formula is C12H21NO2. The molecule has 86 valence electrons. The van der Waals surface area contributed by atoms with Gasteiger partial charge >= 0.3 is 6.09 Å². The van der Waals surface area contributed by atoms with Crippen molar-refractivity contribution in [1.82, 2.24) is 5.32 Å². The van der Waals surface area contributed by atoms with E-state index in [2.05, 4.69) is 5.32 Å². The Hall–Kier alpha value is -1.51. The largest absolute Gasteiger partial charge is 0.445 e. The molecule has 0 aliphatic carbocycles. The Kier molecular flexibility index (Phi) is 8.15. The smallest absolute Gasteiger partial charge is 0.407 e. The molecule has 1 aromatic rings. The van der Waals surface area contributed by atoms with Crippen LogP contribution in [0.15, 0.2) is 30.3 Å². The van der Waals surface area contributed by atoms with Crippen molar-refractivity contribution in [3.8, 4) is 0 Å². The molecule has 0 saturated carbocycles. The lowest BCUT2D eigenvalue weighted by molar-refractivity contribution is 0.140. The van der Waals surface area contributed by atoms with Crippen LogP contribution in [-0.2, 0) is 11.3 Å². The molecule has 3 heteroatoms. The monoisotopic (exact) mass is 211 g/mol.